The Bertz CT molecular complexity index is 1140. The lowest BCUT2D eigenvalue weighted by Crippen LogP contribution is -2.09. The first-order valence-electron chi connectivity index (χ1n) is 8.63. The molecule has 4 aromatic rings. The Balaban J connectivity index is 1.63. The molecule has 140 valence electrons. The Morgan fingerprint density at radius 2 is 1.93 bits per heavy atom. The second-order valence-electron chi connectivity index (χ2n) is 5.87. The van der Waals surface area contributed by atoms with Crippen LogP contribution in [0.15, 0.2) is 54.9 Å². The molecule has 0 bridgehead atoms. The minimum atomic E-state index is -0.365. The maximum atomic E-state index is 11.8. The van der Waals surface area contributed by atoms with E-state index >= 15 is 0 Å². The number of aromatic nitrogens is 5. The standard InChI is InChI=1S/C19H17N7O2/c1-2-28-19(27)12-7-9-13(10-8-12)23-17-16(20)18(22-11-21-17)26-15-6-4-3-5-14(15)24-25-26/h3-11H,2,20H2,1H3,(H,21,22,23). The zero-order chi connectivity index (χ0) is 19.5. The molecule has 2 aromatic carbocycles. The van der Waals surface area contributed by atoms with Crippen LogP contribution in [0.3, 0.4) is 0 Å². The van der Waals surface area contributed by atoms with Crippen molar-refractivity contribution in [3.63, 3.8) is 0 Å². The first-order chi connectivity index (χ1) is 13.7. The molecule has 0 aliphatic heterocycles. The molecule has 4 rings (SSSR count). The Morgan fingerprint density at radius 3 is 2.71 bits per heavy atom. The van der Waals surface area contributed by atoms with E-state index in [0.717, 1.165) is 11.0 Å². The third-order valence-electron chi connectivity index (χ3n) is 4.07. The van der Waals surface area contributed by atoms with Crippen molar-refractivity contribution < 1.29 is 9.53 Å². The molecule has 0 fully saturated rings. The van der Waals surface area contributed by atoms with Gasteiger partial charge in [0.2, 0.25) is 0 Å². The fourth-order valence-electron chi connectivity index (χ4n) is 2.72. The SMILES string of the molecule is CCOC(=O)c1ccc(Nc2ncnc(-n3nnc4ccccc43)c2N)cc1. The van der Waals surface area contributed by atoms with Crippen molar-refractivity contribution in [1.29, 1.82) is 0 Å². The maximum Gasteiger partial charge on any atom is 0.338 e. The molecule has 0 spiro atoms. The van der Waals surface area contributed by atoms with E-state index in [1.54, 1.807) is 35.9 Å². The van der Waals surface area contributed by atoms with Crippen molar-refractivity contribution in [2.75, 3.05) is 17.7 Å². The van der Waals surface area contributed by atoms with E-state index in [1.807, 2.05) is 24.3 Å². The lowest BCUT2D eigenvalue weighted by atomic mass is 10.2. The van der Waals surface area contributed by atoms with Gasteiger partial charge in [-0.15, -0.1) is 5.10 Å². The molecule has 9 nitrogen and oxygen atoms in total. The van der Waals surface area contributed by atoms with Gasteiger partial charge in [-0.3, -0.25) is 0 Å². The first kappa shape index (κ1) is 17.4. The van der Waals surface area contributed by atoms with Crippen LogP contribution in [0.4, 0.5) is 17.2 Å². The lowest BCUT2D eigenvalue weighted by Gasteiger charge is -2.11. The molecule has 0 radical (unpaired) electrons. The van der Waals surface area contributed by atoms with Crippen molar-refractivity contribution in [2.24, 2.45) is 0 Å². The van der Waals surface area contributed by atoms with Gasteiger partial charge in [-0.2, -0.15) is 4.68 Å². The minimum Gasteiger partial charge on any atom is -0.462 e. The fourth-order valence-corrected chi connectivity index (χ4v) is 2.72. The summed E-state index contributed by atoms with van der Waals surface area (Å²) < 4.78 is 6.55. The number of carbonyl (C=O) groups is 1. The summed E-state index contributed by atoms with van der Waals surface area (Å²) in [5.41, 5.74) is 9.32. The summed E-state index contributed by atoms with van der Waals surface area (Å²) in [5, 5.41) is 11.4. The third kappa shape index (κ3) is 3.20. The number of hydrogen-bond acceptors (Lipinski definition) is 8. The van der Waals surface area contributed by atoms with Crippen LogP contribution in [0.25, 0.3) is 16.9 Å². The fraction of sp³-hybridized carbons (Fsp3) is 0.105. The number of nitrogens with zero attached hydrogens (tertiary/aromatic N) is 5. The smallest absolute Gasteiger partial charge is 0.338 e. The number of rotatable bonds is 5. The van der Waals surface area contributed by atoms with E-state index in [1.165, 1.54) is 6.33 Å². The van der Waals surface area contributed by atoms with Crippen LogP contribution in [-0.2, 0) is 4.74 Å². The predicted octanol–water partition coefficient (Wildman–Crippen LogP) is 2.71. The summed E-state index contributed by atoms with van der Waals surface area (Å²) in [5.74, 6) is 0.485. The van der Waals surface area contributed by atoms with E-state index < -0.39 is 0 Å². The van der Waals surface area contributed by atoms with Gasteiger partial charge in [-0.1, -0.05) is 17.3 Å². The van der Waals surface area contributed by atoms with Crippen molar-refractivity contribution in [3.8, 4) is 5.82 Å². The highest BCUT2D eigenvalue weighted by Crippen LogP contribution is 2.26. The average molecular weight is 375 g/mol. The number of nitrogens with two attached hydrogens (primary N) is 1. The van der Waals surface area contributed by atoms with Crippen molar-refractivity contribution in [3.05, 3.63) is 60.4 Å². The molecule has 0 aliphatic rings. The van der Waals surface area contributed by atoms with Crippen LogP contribution in [0.5, 0.6) is 0 Å². The molecule has 3 N–H and O–H groups in total. The van der Waals surface area contributed by atoms with Gasteiger partial charge >= 0.3 is 5.97 Å². The molecule has 0 saturated carbocycles. The van der Waals surface area contributed by atoms with E-state index in [4.69, 9.17) is 10.5 Å². The van der Waals surface area contributed by atoms with Crippen LogP contribution in [0.1, 0.15) is 17.3 Å². The van der Waals surface area contributed by atoms with Crippen LogP contribution in [-0.4, -0.2) is 37.5 Å². The number of para-hydroxylation sites is 1. The molecule has 9 heteroatoms. The van der Waals surface area contributed by atoms with Crippen LogP contribution in [0, 0.1) is 0 Å². The largest absolute Gasteiger partial charge is 0.462 e. The van der Waals surface area contributed by atoms with Crippen molar-refractivity contribution >= 4 is 34.2 Å². The molecule has 28 heavy (non-hydrogen) atoms. The number of hydrogen-bond donors (Lipinski definition) is 2. The molecular formula is C19H17N7O2. The molecular weight excluding hydrogens is 358 g/mol. The summed E-state index contributed by atoms with van der Waals surface area (Å²) in [4.78, 5) is 20.2. The highest BCUT2D eigenvalue weighted by molar-refractivity contribution is 5.90. The van der Waals surface area contributed by atoms with Crippen LogP contribution >= 0.6 is 0 Å². The first-order valence-corrected chi connectivity index (χ1v) is 8.63. The summed E-state index contributed by atoms with van der Waals surface area (Å²) in [6, 6.07) is 14.4. The van der Waals surface area contributed by atoms with E-state index in [-0.39, 0.29) is 5.97 Å². The highest BCUT2D eigenvalue weighted by Gasteiger charge is 2.14. The average Bonchev–Trinajstić information content (AvgIpc) is 3.14. The van der Waals surface area contributed by atoms with Crippen molar-refractivity contribution in [1.82, 2.24) is 25.0 Å². The Kier molecular flexibility index (Phi) is 4.55. The monoisotopic (exact) mass is 375 g/mol. The number of nitrogens with one attached hydrogen (secondary N) is 1. The number of nitrogen functional groups attached to an aromatic ring is 1. The number of anilines is 3. The molecule has 0 atom stereocenters. The Labute approximate surface area is 160 Å². The van der Waals surface area contributed by atoms with Crippen LogP contribution < -0.4 is 11.1 Å². The molecule has 2 aromatic heterocycles. The molecule has 0 saturated heterocycles. The number of esters is 1. The summed E-state index contributed by atoms with van der Waals surface area (Å²) >= 11 is 0. The molecule has 0 amide bonds. The van der Waals surface area contributed by atoms with Gasteiger partial charge in [-0.05, 0) is 43.3 Å². The third-order valence-corrected chi connectivity index (χ3v) is 4.07. The predicted molar refractivity (Wildman–Crippen MR) is 105 cm³/mol. The number of fused-ring (bicyclic) bond motifs is 1. The van der Waals surface area contributed by atoms with Crippen molar-refractivity contribution in [2.45, 2.75) is 6.92 Å². The quantitative estimate of drug-likeness (QED) is 0.511. The zero-order valence-corrected chi connectivity index (χ0v) is 15.0. The summed E-state index contributed by atoms with van der Waals surface area (Å²) in [7, 11) is 0. The van der Waals surface area contributed by atoms with Gasteiger partial charge < -0.3 is 15.8 Å². The number of carbonyl (C=O) groups excluding carboxylic acids is 1. The van der Waals surface area contributed by atoms with Crippen LogP contribution in [0.2, 0.25) is 0 Å². The highest BCUT2D eigenvalue weighted by atomic mass is 16.5. The van der Waals surface area contributed by atoms with E-state index in [9.17, 15) is 4.79 Å². The van der Waals surface area contributed by atoms with Gasteiger partial charge in [0.25, 0.3) is 0 Å². The van der Waals surface area contributed by atoms with Gasteiger partial charge in [-0.25, -0.2) is 14.8 Å². The maximum absolute atomic E-state index is 11.8. The van der Waals surface area contributed by atoms with Gasteiger partial charge in [0, 0.05) is 5.69 Å². The second-order valence-corrected chi connectivity index (χ2v) is 5.87. The number of ether oxygens (including phenoxy) is 1. The summed E-state index contributed by atoms with van der Waals surface area (Å²) in [6.07, 6.45) is 1.40. The molecule has 2 heterocycles. The minimum absolute atomic E-state index is 0.327. The van der Waals surface area contributed by atoms with Gasteiger partial charge in [0.15, 0.2) is 11.6 Å². The number of benzene rings is 2. The van der Waals surface area contributed by atoms with Gasteiger partial charge in [0.05, 0.1) is 17.7 Å². The topological polar surface area (TPSA) is 121 Å². The van der Waals surface area contributed by atoms with E-state index in [0.29, 0.717) is 35.2 Å². The zero-order valence-electron chi connectivity index (χ0n) is 15.0. The Morgan fingerprint density at radius 1 is 1.14 bits per heavy atom. The molecule has 0 unspecified atom stereocenters. The molecule has 0 aliphatic carbocycles. The van der Waals surface area contributed by atoms with E-state index in [2.05, 4.69) is 25.6 Å². The normalized spacial score (nSPS) is 10.8. The Hall–Kier alpha value is -4.01. The van der Waals surface area contributed by atoms with Gasteiger partial charge in [0.1, 0.15) is 17.5 Å². The second kappa shape index (κ2) is 7.31. The lowest BCUT2D eigenvalue weighted by molar-refractivity contribution is 0.0526. The summed E-state index contributed by atoms with van der Waals surface area (Å²) in [6.45, 7) is 2.09.